The van der Waals surface area contributed by atoms with Gasteiger partial charge in [-0.2, -0.15) is 4.68 Å². The van der Waals surface area contributed by atoms with Gasteiger partial charge in [-0.3, -0.25) is 0 Å². The summed E-state index contributed by atoms with van der Waals surface area (Å²) in [4.78, 5) is 11.6. The number of benzene rings is 2. The highest BCUT2D eigenvalue weighted by Crippen LogP contribution is 2.18. The van der Waals surface area contributed by atoms with Gasteiger partial charge in [-0.05, 0) is 53.2 Å². The molecule has 0 unspecified atom stereocenters. The van der Waals surface area contributed by atoms with Gasteiger partial charge in [0, 0.05) is 5.69 Å². The zero-order chi connectivity index (χ0) is 16.9. The first kappa shape index (κ1) is 15.7. The maximum Gasteiger partial charge on any atom is 0.337 e. The van der Waals surface area contributed by atoms with Gasteiger partial charge < -0.3 is 10.1 Å². The van der Waals surface area contributed by atoms with Crippen LogP contribution < -0.4 is 5.32 Å². The number of para-hydroxylation sites is 1. The number of hydrogen-bond acceptors (Lipinski definition) is 6. The molecule has 0 spiro atoms. The Morgan fingerprint density at radius 1 is 1.21 bits per heavy atom. The maximum atomic E-state index is 11.6. The fraction of sp³-hybridized carbons (Fsp3) is 0.176. The van der Waals surface area contributed by atoms with Crippen molar-refractivity contribution < 1.29 is 9.53 Å². The third-order valence-electron chi connectivity index (χ3n) is 3.62. The van der Waals surface area contributed by atoms with Gasteiger partial charge in [-0.15, -0.1) is 5.10 Å². The molecule has 0 saturated carbocycles. The monoisotopic (exact) mass is 323 g/mol. The van der Waals surface area contributed by atoms with E-state index in [2.05, 4.69) is 20.8 Å². The molecule has 3 rings (SSSR count). The molecule has 1 N–H and O–H groups in total. The molecule has 0 fully saturated rings. The fourth-order valence-corrected chi connectivity index (χ4v) is 2.37. The number of carbonyl (C=O) groups is 1. The number of aryl methyl sites for hydroxylation is 1. The number of ether oxygens (including phenoxy) is 1. The smallest absolute Gasteiger partial charge is 0.337 e. The molecule has 2 aromatic carbocycles. The first-order valence-electron chi connectivity index (χ1n) is 7.44. The number of nitrogens with zero attached hydrogens (tertiary/aromatic N) is 4. The predicted octanol–water partition coefficient (Wildman–Crippen LogP) is 2.37. The van der Waals surface area contributed by atoms with Crippen molar-refractivity contribution in [1.82, 2.24) is 20.2 Å². The van der Waals surface area contributed by atoms with Gasteiger partial charge in [0.25, 0.3) is 0 Å². The van der Waals surface area contributed by atoms with Crippen molar-refractivity contribution in [3.63, 3.8) is 0 Å². The zero-order valence-electron chi connectivity index (χ0n) is 13.4. The Morgan fingerprint density at radius 2 is 2.00 bits per heavy atom. The number of hydrogen-bond donors (Lipinski definition) is 1. The Morgan fingerprint density at radius 3 is 2.71 bits per heavy atom. The van der Waals surface area contributed by atoms with Crippen LogP contribution in [0.1, 0.15) is 21.7 Å². The lowest BCUT2D eigenvalue weighted by Gasteiger charge is -2.10. The minimum Gasteiger partial charge on any atom is -0.465 e. The minimum absolute atomic E-state index is 0.349. The highest BCUT2D eigenvalue weighted by molar-refractivity contribution is 5.90. The number of methoxy groups -OCH3 is 1. The van der Waals surface area contributed by atoms with Gasteiger partial charge in [0.15, 0.2) is 5.82 Å². The molecule has 0 bridgehead atoms. The van der Waals surface area contributed by atoms with Gasteiger partial charge in [-0.1, -0.05) is 18.2 Å². The van der Waals surface area contributed by atoms with Crippen LogP contribution in [-0.4, -0.2) is 33.3 Å². The first-order chi connectivity index (χ1) is 11.7. The molecule has 0 atom stereocenters. The molecule has 7 heteroatoms. The third-order valence-corrected chi connectivity index (χ3v) is 3.62. The van der Waals surface area contributed by atoms with Crippen LogP contribution in [0.15, 0.2) is 48.5 Å². The average Bonchev–Trinajstić information content (AvgIpc) is 3.09. The van der Waals surface area contributed by atoms with Crippen molar-refractivity contribution in [2.75, 3.05) is 12.4 Å². The summed E-state index contributed by atoms with van der Waals surface area (Å²) < 4.78 is 6.41. The molecular weight excluding hydrogens is 306 g/mol. The second kappa shape index (κ2) is 6.91. The van der Waals surface area contributed by atoms with Crippen LogP contribution in [0, 0.1) is 6.92 Å². The Hall–Kier alpha value is -3.22. The number of tetrazole rings is 1. The van der Waals surface area contributed by atoms with Crippen molar-refractivity contribution in [2.24, 2.45) is 0 Å². The zero-order valence-corrected chi connectivity index (χ0v) is 13.4. The van der Waals surface area contributed by atoms with Gasteiger partial charge in [0.2, 0.25) is 0 Å². The lowest BCUT2D eigenvalue weighted by molar-refractivity contribution is 0.0600. The number of nitrogens with one attached hydrogen (secondary N) is 1. The predicted molar refractivity (Wildman–Crippen MR) is 89.0 cm³/mol. The summed E-state index contributed by atoms with van der Waals surface area (Å²) in [5.41, 5.74) is 3.27. The number of carbonyl (C=O) groups excluding carboxylic acids is 1. The molecule has 0 saturated heterocycles. The molecule has 24 heavy (non-hydrogen) atoms. The number of esters is 1. The summed E-state index contributed by atoms with van der Waals surface area (Å²) in [5.74, 6) is 0.343. The van der Waals surface area contributed by atoms with Crippen LogP contribution in [0.25, 0.3) is 5.69 Å². The summed E-state index contributed by atoms with van der Waals surface area (Å²) >= 11 is 0. The number of rotatable bonds is 5. The van der Waals surface area contributed by atoms with Crippen LogP contribution in [0.3, 0.4) is 0 Å². The quantitative estimate of drug-likeness (QED) is 0.726. The summed E-state index contributed by atoms with van der Waals surface area (Å²) in [6.07, 6.45) is 0. The van der Waals surface area contributed by atoms with Gasteiger partial charge >= 0.3 is 5.97 Å². The third kappa shape index (κ3) is 3.24. The lowest BCUT2D eigenvalue weighted by atomic mass is 10.1. The van der Waals surface area contributed by atoms with E-state index in [1.165, 1.54) is 7.11 Å². The Kier molecular flexibility index (Phi) is 4.51. The van der Waals surface area contributed by atoms with E-state index in [4.69, 9.17) is 4.74 Å². The van der Waals surface area contributed by atoms with E-state index in [-0.39, 0.29) is 5.97 Å². The summed E-state index contributed by atoms with van der Waals surface area (Å²) in [6.45, 7) is 2.38. The highest BCUT2D eigenvalue weighted by Gasteiger charge is 2.10. The van der Waals surface area contributed by atoms with E-state index < -0.39 is 0 Å². The van der Waals surface area contributed by atoms with E-state index in [9.17, 15) is 4.79 Å². The summed E-state index contributed by atoms with van der Waals surface area (Å²) in [6, 6.07) is 15.0. The summed E-state index contributed by atoms with van der Waals surface area (Å²) in [7, 11) is 1.37. The van der Waals surface area contributed by atoms with Gasteiger partial charge in [0.1, 0.15) is 0 Å². The average molecular weight is 323 g/mol. The maximum absolute atomic E-state index is 11.6. The molecule has 1 aromatic heterocycles. The molecule has 0 radical (unpaired) electrons. The van der Waals surface area contributed by atoms with Crippen LogP contribution in [0.2, 0.25) is 0 Å². The Balaban J connectivity index is 1.76. The van der Waals surface area contributed by atoms with Crippen molar-refractivity contribution in [3.05, 3.63) is 65.5 Å². The first-order valence-corrected chi connectivity index (χ1v) is 7.44. The molecular formula is C17H17N5O2. The lowest BCUT2D eigenvalue weighted by Crippen LogP contribution is -2.10. The van der Waals surface area contributed by atoms with Gasteiger partial charge in [0.05, 0.1) is 24.9 Å². The SMILES string of the molecule is COC(=O)c1ccc(NCc2nnnn2-c2ccccc2)c(C)c1. The van der Waals surface area contributed by atoms with Crippen molar-refractivity contribution in [2.45, 2.75) is 13.5 Å². The second-order valence-corrected chi connectivity index (χ2v) is 5.22. The van der Waals surface area contributed by atoms with E-state index in [0.29, 0.717) is 17.9 Å². The molecule has 1 heterocycles. The largest absolute Gasteiger partial charge is 0.465 e. The van der Waals surface area contributed by atoms with Crippen molar-refractivity contribution >= 4 is 11.7 Å². The second-order valence-electron chi connectivity index (χ2n) is 5.22. The molecule has 3 aromatic rings. The van der Waals surface area contributed by atoms with Crippen LogP contribution >= 0.6 is 0 Å². The van der Waals surface area contributed by atoms with Crippen LogP contribution in [-0.2, 0) is 11.3 Å². The molecule has 0 aliphatic rings. The van der Waals surface area contributed by atoms with Crippen molar-refractivity contribution in [3.8, 4) is 5.69 Å². The molecule has 122 valence electrons. The summed E-state index contributed by atoms with van der Waals surface area (Å²) in [5, 5.41) is 15.1. The Bertz CT molecular complexity index is 845. The van der Waals surface area contributed by atoms with E-state index in [0.717, 1.165) is 16.9 Å². The van der Waals surface area contributed by atoms with E-state index in [1.54, 1.807) is 16.8 Å². The molecule has 7 nitrogen and oxygen atoms in total. The minimum atomic E-state index is -0.349. The topological polar surface area (TPSA) is 81.9 Å². The number of aromatic nitrogens is 4. The van der Waals surface area contributed by atoms with Crippen LogP contribution in [0.5, 0.6) is 0 Å². The van der Waals surface area contributed by atoms with E-state index >= 15 is 0 Å². The Labute approximate surface area is 139 Å². The van der Waals surface area contributed by atoms with Crippen molar-refractivity contribution in [1.29, 1.82) is 0 Å². The molecule has 0 aliphatic heterocycles. The van der Waals surface area contributed by atoms with E-state index in [1.807, 2.05) is 43.3 Å². The fourth-order valence-electron chi connectivity index (χ4n) is 2.37. The standard InChI is InChI=1S/C17H17N5O2/c1-12-10-13(17(23)24-2)8-9-15(12)18-11-16-19-20-21-22(16)14-6-4-3-5-7-14/h3-10,18H,11H2,1-2H3. The highest BCUT2D eigenvalue weighted by atomic mass is 16.5. The van der Waals surface area contributed by atoms with Gasteiger partial charge in [-0.25, -0.2) is 4.79 Å². The van der Waals surface area contributed by atoms with Crippen LogP contribution in [0.4, 0.5) is 5.69 Å². The molecule has 0 amide bonds. The number of anilines is 1. The normalized spacial score (nSPS) is 10.4. The molecule has 0 aliphatic carbocycles.